The minimum Gasteiger partial charge on any atom is -0.497 e. The Bertz CT molecular complexity index is 1310. The van der Waals surface area contributed by atoms with Gasteiger partial charge < -0.3 is 14.0 Å². The van der Waals surface area contributed by atoms with Crippen molar-refractivity contribution in [2.75, 3.05) is 25.1 Å². The van der Waals surface area contributed by atoms with Crippen LogP contribution in [0.1, 0.15) is 54.9 Å². The summed E-state index contributed by atoms with van der Waals surface area (Å²) in [5, 5.41) is 0. The van der Waals surface area contributed by atoms with Gasteiger partial charge in [0.25, 0.3) is 0 Å². The Labute approximate surface area is 199 Å². The molecule has 2 aliphatic rings. The van der Waals surface area contributed by atoms with Gasteiger partial charge in [0.15, 0.2) is 0 Å². The summed E-state index contributed by atoms with van der Waals surface area (Å²) in [6.07, 6.45) is 15.7. The Balaban J connectivity index is 1.32. The molecule has 0 atom stereocenters. The first-order valence-corrected chi connectivity index (χ1v) is 12.2. The van der Waals surface area contributed by atoms with E-state index in [2.05, 4.69) is 39.3 Å². The quantitative estimate of drug-likeness (QED) is 0.428. The van der Waals surface area contributed by atoms with Crippen molar-refractivity contribution in [3.05, 3.63) is 77.9 Å². The first-order valence-electron chi connectivity index (χ1n) is 12.2. The van der Waals surface area contributed by atoms with E-state index in [4.69, 9.17) is 14.7 Å². The van der Waals surface area contributed by atoms with Gasteiger partial charge in [0.05, 0.1) is 24.9 Å². The summed E-state index contributed by atoms with van der Waals surface area (Å²) >= 11 is 0. The standard InChI is InChI=1S/C27H30N6O/c1-34-23-4-9-28-21(16-23)17-24-30-22(14-20-5-11-32-13-10-29-25(32)15-20)18-26(31-24)33-12-8-27(19-33)6-2-3-7-27/h4-5,9-11,13,15-16,18H,2-3,6-8,12,14,17,19H2,1H3. The summed E-state index contributed by atoms with van der Waals surface area (Å²) in [6, 6.07) is 10.3. The van der Waals surface area contributed by atoms with E-state index in [9.17, 15) is 0 Å². The van der Waals surface area contributed by atoms with Gasteiger partial charge >= 0.3 is 0 Å². The van der Waals surface area contributed by atoms with Gasteiger partial charge in [0.1, 0.15) is 23.0 Å². The van der Waals surface area contributed by atoms with E-state index in [1.807, 2.05) is 28.9 Å². The average molecular weight is 455 g/mol. The highest BCUT2D eigenvalue weighted by Crippen LogP contribution is 2.46. The molecule has 0 unspecified atom stereocenters. The molecule has 174 valence electrons. The zero-order valence-electron chi connectivity index (χ0n) is 19.7. The van der Waals surface area contributed by atoms with Gasteiger partial charge in [-0.05, 0) is 48.4 Å². The fourth-order valence-electron chi connectivity index (χ4n) is 5.65. The van der Waals surface area contributed by atoms with Crippen LogP contribution in [-0.2, 0) is 12.8 Å². The highest BCUT2D eigenvalue weighted by molar-refractivity contribution is 5.46. The third-order valence-corrected chi connectivity index (χ3v) is 7.45. The molecule has 2 fully saturated rings. The third-order valence-electron chi connectivity index (χ3n) is 7.45. The number of fused-ring (bicyclic) bond motifs is 1. The van der Waals surface area contributed by atoms with Crippen LogP contribution in [-0.4, -0.2) is 44.5 Å². The number of nitrogens with zero attached hydrogens (tertiary/aromatic N) is 6. The van der Waals surface area contributed by atoms with Crippen LogP contribution in [0.2, 0.25) is 0 Å². The second kappa shape index (κ2) is 8.70. The van der Waals surface area contributed by atoms with Crippen LogP contribution in [0.25, 0.3) is 5.65 Å². The predicted octanol–water partition coefficient (Wildman–Crippen LogP) is 4.48. The van der Waals surface area contributed by atoms with Crippen molar-refractivity contribution in [2.24, 2.45) is 5.41 Å². The van der Waals surface area contributed by atoms with E-state index in [0.717, 1.165) is 53.9 Å². The molecule has 0 amide bonds. The maximum atomic E-state index is 5.39. The van der Waals surface area contributed by atoms with Crippen molar-refractivity contribution in [2.45, 2.75) is 44.9 Å². The van der Waals surface area contributed by atoms with Crippen LogP contribution in [0.4, 0.5) is 5.82 Å². The number of ether oxygens (including phenoxy) is 1. The van der Waals surface area contributed by atoms with E-state index < -0.39 is 0 Å². The van der Waals surface area contributed by atoms with E-state index >= 15 is 0 Å². The fraction of sp³-hybridized carbons (Fsp3) is 0.407. The summed E-state index contributed by atoms with van der Waals surface area (Å²) in [6.45, 7) is 2.19. The summed E-state index contributed by atoms with van der Waals surface area (Å²) in [5.41, 5.74) is 4.59. The van der Waals surface area contributed by atoms with Crippen molar-refractivity contribution in [3.8, 4) is 5.75 Å². The van der Waals surface area contributed by atoms with E-state index in [1.54, 1.807) is 13.3 Å². The molecule has 0 bridgehead atoms. The average Bonchev–Trinajstić information content (AvgIpc) is 3.61. The molecule has 1 saturated carbocycles. The topological polar surface area (TPSA) is 68.4 Å². The second-order valence-electron chi connectivity index (χ2n) is 9.78. The Morgan fingerprint density at radius 2 is 1.82 bits per heavy atom. The molecule has 34 heavy (non-hydrogen) atoms. The third kappa shape index (κ3) is 4.22. The molecule has 0 aromatic carbocycles. The van der Waals surface area contributed by atoms with Crippen molar-refractivity contribution in [3.63, 3.8) is 0 Å². The van der Waals surface area contributed by atoms with E-state index in [-0.39, 0.29) is 0 Å². The summed E-state index contributed by atoms with van der Waals surface area (Å²) in [7, 11) is 1.68. The lowest BCUT2D eigenvalue weighted by atomic mass is 9.86. The fourth-order valence-corrected chi connectivity index (χ4v) is 5.65. The van der Waals surface area contributed by atoms with Gasteiger partial charge in [-0.2, -0.15) is 0 Å². The Hall–Kier alpha value is -3.48. The molecule has 1 aliphatic carbocycles. The number of methoxy groups -OCH3 is 1. The second-order valence-corrected chi connectivity index (χ2v) is 9.78. The van der Waals surface area contributed by atoms with Crippen LogP contribution in [0, 0.1) is 5.41 Å². The van der Waals surface area contributed by atoms with Crippen molar-refractivity contribution >= 4 is 11.5 Å². The molecular weight excluding hydrogens is 424 g/mol. The number of imidazole rings is 1. The Kier molecular flexibility index (Phi) is 5.40. The maximum Gasteiger partial charge on any atom is 0.136 e. The molecule has 0 radical (unpaired) electrons. The normalized spacial score (nSPS) is 17.1. The lowest BCUT2D eigenvalue weighted by molar-refractivity contribution is 0.340. The molecule has 7 heteroatoms. The zero-order valence-corrected chi connectivity index (χ0v) is 19.7. The van der Waals surface area contributed by atoms with E-state index in [1.165, 1.54) is 37.7 Å². The van der Waals surface area contributed by atoms with Crippen LogP contribution in [0.3, 0.4) is 0 Å². The van der Waals surface area contributed by atoms with E-state index in [0.29, 0.717) is 11.8 Å². The maximum absolute atomic E-state index is 5.39. The molecule has 1 spiro atoms. The molecule has 7 nitrogen and oxygen atoms in total. The summed E-state index contributed by atoms with van der Waals surface area (Å²) < 4.78 is 7.41. The molecule has 1 aliphatic heterocycles. The highest BCUT2D eigenvalue weighted by Gasteiger charge is 2.40. The Morgan fingerprint density at radius 3 is 2.71 bits per heavy atom. The van der Waals surface area contributed by atoms with Gasteiger partial charge in [0.2, 0.25) is 0 Å². The molecule has 0 N–H and O–H groups in total. The molecule has 4 aromatic heterocycles. The Morgan fingerprint density at radius 1 is 0.912 bits per heavy atom. The number of pyridine rings is 2. The lowest BCUT2D eigenvalue weighted by Crippen LogP contribution is -2.26. The SMILES string of the molecule is COc1ccnc(Cc2nc(Cc3ccn4ccnc4c3)cc(N3CCC4(CCCC4)C3)n2)c1. The molecule has 4 aromatic rings. The molecular formula is C27H30N6O. The predicted molar refractivity (Wildman–Crippen MR) is 131 cm³/mol. The first kappa shape index (κ1) is 21.1. The number of hydrogen-bond donors (Lipinski definition) is 0. The lowest BCUT2D eigenvalue weighted by Gasteiger charge is -2.24. The minimum atomic E-state index is 0.491. The van der Waals surface area contributed by atoms with Gasteiger partial charge in [0, 0.05) is 56.4 Å². The smallest absolute Gasteiger partial charge is 0.136 e. The number of rotatable bonds is 6. The van der Waals surface area contributed by atoms with Crippen molar-refractivity contribution in [1.82, 2.24) is 24.3 Å². The molecule has 6 rings (SSSR count). The largest absolute Gasteiger partial charge is 0.497 e. The van der Waals surface area contributed by atoms with Crippen LogP contribution in [0.15, 0.2) is 55.1 Å². The van der Waals surface area contributed by atoms with Gasteiger partial charge in [-0.3, -0.25) is 4.98 Å². The van der Waals surface area contributed by atoms with Gasteiger partial charge in [-0.15, -0.1) is 0 Å². The molecule has 1 saturated heterocycles. The highest BCUT2D eigenvalue weighted by atomic mass is 16.5. The monoisotopic (exact) mass is 454 g/mol. The number of anilines is 1. The minimum absolute atomic E-state index is 0.491. The number of aromatic nitrogens is 5. The van der Waals surface area contributed by atoms with Gasteiger partial charge in [-0.25, -0.2) is 15.0 Å². The summed E-state index contributed by atoms with van der Waals surface area (Å²) in [4.78, 5) is 21.4. The zero-order chi connectivity index (χ0) is 23.0. The van der Waals surface area contributed by atoms with Crippen LogP contribution in [0.5, 0.6) is 5.75 Å². The van der Waals surface area contributed by atoms with Gasteiger partial charge in [-0.1, -0.05) is 12.8 Å². The van der Waals surface area contributed by atoms with Crippen molar-refractivity contribution in [1.29, 1.82) is 0 Å². The van der Waals surface area contributed by atoms with Crippen LogP contribution < -0.4 is 9.64 Å². The first-order chi connectivity index (χ1) is 16.7. The van der Waals surface area contributed by atoms with Crippen molar-refractivity contribution < 1.29 is 4.74 Å². The van der Waals surface area contributed by atoms with Crippen LogP contribution >= 0.6 is 0 Å². The summed E-state index contributed by atoms with van der Waals surface area (Å²) in [5.74, 6) is 2.66. The number of hydrogen-bond acceptors (Lipinski definition) is 6. The molecule has 5 heterocycles.